The monoisotopic (exact) mass is 337 g/mol. The fraction of sp³-hybridized carbons (Fsp3) is 0.263. The molecule has 0 spiro atoms. The molecule has 1 aliphatic heterocycles. The van der Waals surface area contributed by atoms with Crippen molar-refractivity contribution in [3.05, 3.63) is 75.8 Å². The molecule has 1 amide bonds. The molecular weight excluding hydrogens is 318 g/mol. The highest BCUT2D eigenvalue weighted by Crippen LogP contribution is 2.37. The van der Waals surface area contributed by atoms with Crippen LogP contribution in [-0.2, 0) is 4.79 Å². The molecular formula is C19H19N3O3. The molecule has 3 rings (SSSR count). The van der Waals surface area contributed by atoms with Crippen molar-refractivity contribution in [1.29, 1.82) is 0 Å². The zero-order chi connectivity index (χ0) is 17.8. The Morgan fingerprint density at radius 2 is 1.88 bits per heavy atom. The van der Waals surface area contributed by atoms with Gasteiger partial charge in [-0.25, -0.2) is 5.01 Å². The Bertz CT molecular complexity index is 818. The van der Waals surface area contributed by atoms with Gasteiger partial charge in [0.05, 0.1) is 22.2 Å². The van der Waals surface area contributed by atoms with E-state index >= 15 is 0 Å². The van der Waals surface area contributed by atoms with Gasteiger partial charge in [0.25, 0.3) is 5.69 Å². The largest absolute Gasteiger partial charge is 0.274 e. The van der Waals surface area contributed by atoms with Gasteiger partial charge >= 0.3 is 0 Å². The van der Waals surface area contributed by atoms with Crippen molar-refractivity contribution in [3.63, 3.8) is 0 Å². The Balaban J connectivity index is 2.01. The number of benzene rings is 2. The van der Waals surface area contributed by atoms with E-state index in [4.69, 9.17) is 0 Å². The number of nitro benzene ring substituents is 1. The minimum Gasteiger partial charge on any atom is -0.273 e. The standard InChI is InChI=1S/C19H19N3O3/c1-2-8-19(23)21-18(15-11-6-7-12-17(15)22(24)25)13-16(20-21)14-9-4-3-5-10-14/h3-7,9-12,18H,2,8,13H2,1H3. The SMILES string of the molecule is CCCC(=O)N1N=C(c2ccccc2)CC1c1ccccc1[N+](=O)[O-]. The number of carbonyl (C=O) groups is 1. The van der Waals surface area contributed by atoms with Gasteiger partial charge in [-0.3, -0.25) is 14.9 Å². The normalized spacial score (nSPS) is 16.6. The third kappa shape index (κ3) is 3.42. The Labute approximate surface area is 145 Å². The highest BCUT2D eigenvalue weighted by Gasteiger charge is 2.36. The molecule has 1 atom stereocenters. The smallest absolute Gasteiger partial charge is 0.273 e. The Morgan fingerprint density at radius 3 is 2.56 bits per heavy atom. The summed E-state index contributed by atoms with van der Waals surface area (Å²) in [6, 6.07) is 15.7. The van der Waals surface area contributed by atoms with Gasteiger partial charge in [-0.1, -0.05) is 49.4 Å². The summed E-state index contributed by atoms with van der Waals surface area (Å²) in [6.07, 6.45) is 1.53. The summed E-state index contributed by atoms with van der Waals surface area (Å²) in [5.74, 6) is -0.114. The molecule has 0 fully saturated rings. The molecule has 1 heterocycles. The molecule has 2 aromatic rings. The fourth-order valence-corrected chi connectivity index (χ4v) is 3.05. The van der Waals surface area contributed by atoms with E-state index in [2.05, 4.69) is 5.10 Å². The van der Waals surface area contributed by atoms with Gasteiger partial charge in [0, 0.05) is 18.9 Å². The van der Waals surface area contributed by atoms with Crippen LogP contribution in [0.4, 0.5) is 5.69 Å². The molecule has 6 heteroatoms. The lowest BCUT2D eigenvalue weighted by Crippen LogP contribution is -2.27. The highest BCUT2D eigenvalue weighted by molar-refractivity contribution is 6.03. The second kappa shape index (κ2) is 7.25. The van der Waals surface area contributed by atoms with Crippen molar-refractivity contribution in [2.24, 2.45) is 5.10 Å². The molecule has 6 nitrogen and oxygen atoms in total. The minimum atomic E-state index is -0.448. The van der Waals surface area contributed by atoms with E-state index in [9.17, 15) is 14.9 Å². The van der Waals surface area contributed by atoms with Gasteiger partial charge in [0.1, 0.15) is 0 Å². The second-order valence-electron chi connectivity index (χ2n) is 5.94. The molecule has 1 unspecified atom stereocenters. The maximum atomic E-state index is 12.5. The summed E-state index contributed by atoms with van der Waals surface area (Å²) < 4.78 is 0. The summed E-state index contributed by atoms with van der Waals surface area (Å²) >= 11 is 0. The molecule has 1 aliphatic rings. The molecule has 0 saturated heterocycles. The van der Waals surface area contributed by atoms with E-state index in [0.717, 1.165) is 11.3 Å². The van der Waals surface area contributed by atoms with Crippen molar-refractivity contribution >= 4 is 17.3 Å². The molecule has 0 N–H and O–H groups in total. The summed E-state index contributed by atoms with van der Waals surface area (Å²) in [5.41, 5.74) is 2.24. The van der Waals surface area contributed by atoms with Gasteiger partial charge in [-0.2, -0.15) is 5.10 Å². The maximum absolute atomic E-state index is 12.5. The highest BCUT2D eigenvalue weighted by atomic mass is 16.6. The van der Waals surface area contributed by atoms with Crippen LogP contribution in [0.5, 0.6) is 0 Å². The first kappa shape index (κ1) is 16.8. The first-order valence-corrected chi connectivity index (χ1v) is 8.30. The van der Waals surface area contributed by atoms with Crippen LogP contribution < -0.4 is 0 Å². The van der Waals surface area contributed by atoms with Gasteiger partial charge in [0.15, 0.2) is 0 Å². The zero-order valence-electron chi connectivity index (χ0n) is 14.0. The van der Waals surface area contributed by atoms with Crippen LogP contribution in [0.2, 0.25) is 0 Å². The average molecular weight is 337 g/mol. The van der Waals surface area contributed by atoms with Gasteiger partial charge < -0.3 is 0 Å². The van der Waals surface area contributed by atoms with Crippen LogP contribution >= 0.6 is 0 Å². The van der Waals surface area contributed by atoms with E-state index in [-0.39, 0.29) is 11.6 Å². The van der Waals surface area contributed by atoms with E-state index in [0.29, 0.717) is 24.8 Å². The number of para-hydroxylation sites is 1. The molecule has 0 radical (unpaired) electrons. The second-order valence-corrected chi connectivity index (χ2v) is 5.94. The van der Waals surface area contributed by atoms with Crippen molar-refractivity contribution in [2.45, 2.75) is 32.2 Å². The number of rotatable bonds is 5. The van der Waals surface area contributed by atoms with Crippen LogP contribution in [-0.4, -0.2) is 21.6 Å². The van der Waals surface area contributed by atoms with E-state index in [1.54, 1.807) is 18.2 Å². The third-order valence-electron chi connectivity index (χ3n) is 4.23. The summed E-state index contributed by atoms with van der Waals surface area (Å²) in [5, 5.41) is 17.3. The van der Waals surface area contributed by atoms with E-state index in [1.165, 1.54) is 11.1 Å². The summed E-state index contributed by atoms with van der Waals surface area (Å²) in [4.78, 5) is 23.5. The molecule has 2 aromatic carbocycles. The minimum absolute atomic E-state index is 0.0197. The summed E-state index contributed by atoms with van der Waals surface area (Å²) in [6.45, 7) is 1.93. The number of hydrogen-bond donors (Lipinski definition) is 0. The van der Waals surface area contributed by atoms with E-state index < -0.39 is 11.0 Å². The Kier molecular flexibility index (Phi) is 4.88. The van der Waals surface area contributed by atoms with Gasteiger partial charge in [-0.15, -0.1) is 0 Å². The number of nitrogens with zero attached hydrogens (tertiary/aromatic N) is 3. The predicted octanol–water partition coefficient (Wildman–Crippen LogP) is 4.07. The number of hydrogen-bond acceptors (Lipinski definition) is 4. The van der Waals surface area contributed by atoms with Crippen molar-refractivity contribution in [2.75, 3.05) is 0 Å². The van der Waals surface area contributed by atoms with E-state index in [1.807, 2.05) is 37.3 Å². The Hall–Kier alpha value is -3.02. The average Bonchev–Trinajstić information content (AvgIpc) is 3.08. The van der Waals surface area contributed by atoms with Crippen molar-refractivity contribution in [1.82, 2.24) is 5.01 Å². The number of nitro groups is 1. The number of amides is 1. The third-order valence-corrected chi connectivity index (χ3v) is 4.23. The lowest BCUT2D eigenvalue weighted by molar-refractivity contribution is -0.385. The topological polar surface area (TPSA) is 75.8 Å². The summed E-state index contributed by atoms with van der Waals surface area (Å²) in [7, 11) is 0. The Morgan fingerprint density at radius 1 is 1.20 bits per heavy atom. The molecule has 128 valence electrons. The first-order valence-electron chi connectivity index (χ1n) is 8.30. The van der Waals surface area contributed by atoms with Crippen LogP contribution in [0.25, 0.3) is 0 Å². The lowest BCUT2D eigenvalue weighted by atomic mass is 9.97. The first-order chi connectivity index (χ1) is 12.1. The molecule has 25 heavy (non-hydrogen) atoms. The predicted molar refractivity (Wildman–Crippen MR) is 95.2 cm³/mol. The number of hydrazone groups is 1. The molecule has 0 bridgehead atoms. The quantitative estimate of drug-likeness (QED) is 0.609. The van der Waals surface area contributed by atoms with Crippen LogP contribution in [0.1, 0.15) is 43.4 Å². The van der Waals surface area contributed by atoms with Crippen molar-refractivity contribution < 1.29 is 9.72 Å². The molecule has 0 saturated carbocycles. The number of carbonyl (C=O) groups excluding carboxylic acids is 1. The van der Waals surface area contributed by atoms with Crippen molar-refractivity contribution in [3.8, 4) is 0 Å². The fourth-order valence-electron chi connectivity index (χ4n) is 3.05. The van der Waals surface area contributed by atoms with Gasteiger partial charge in [0.2, 0.25) is 5.91 Å². The van der Waals surface area contributed by atoms with Crippen LogP contribution in [0, 0.1) is 10.1 Å². The van der Waals surface area contributed by atoms with Gasteiger partial charge in [-0.05, 0) is 18.1 Å². The zero-order valence-corrected chi connectivity index (χ0v) is 14.0. The van der Waals surface area contributed by atoms with Crippen LogP contribution in [0.3, 0.4) is 0 Å². The lowest BCUT2D eigenvalue weighted by Gasteiger charge is -2.21. The molecule has 0 aliphatic carbocycles. The maximum Gasteiger partial charge on any atom is 0.274 e. The molecule has 0 aromatic heterocycles. The van der Waals surface area contributed by atoms with Crippen LogP contribution in [0.15, 0.2) is 59.7 Å².